The van der Waals surface area contributed by atoms with E-state index in [1.807, 2.05) is 26.0 Å². The molecule has 5 rings (SSSR count). The van der Waals surface area contributed by atoms with E-state index in [0.29, 0.717) is 25.7 Å². The molecule has 1 aliphatic heterocycles. The van der Waals surface area contributed by atoms with Crippen molar-refractivity contribution in [3.8, 4) is 0 Å². The highest BCUT2D eigenvalue weighted by Crippen LogP contribution is 2.65. The predicted octanol–water partition coefficient (Wildman–Crippen LogP) is 6.16. The van der Waals surface area contributed by atoms with Crippen LogP contribution in [0.1, 0.15) is 51.5 Å². The molecule has 1 aromatic carbocycles. The van der Waals surface area contributed by atoms with Crippen LogP contribution in [0.25, 0.3) is 0 Å². The standard InChI is InChI=1S/C28H30F6N2O2/c1-24-14-12-19-17(8-11-21-25(19,2)15-13-22(37)35-21)18(24)9-10-20(24)23(38)36-26(27(29,30)31,28(32,33)34)16-6-4-3-5-7-16/h3-7,11,13,15,17-20H,8-10,12,14H2,1-2H3,(H,35,37)(H,36,38)/t17-,18-,19+,20?,24-,25+/m0/s1. The molecule has 0 radical (unpaired) electrons. The van der Waals surface area contributed by atoms with E-state index in [9.17, 15) is 35.9 Å². The minimum absolute atomic E-state index is 0.0412. The van der Waals surface area contributed by atoms with Crippen molar-refractivity contribution in [1.82, 2.24) is 10.6 Å². The summed E-state index contributed by atoms with van der Waals surface area (Å²) in [6.45, 7) is 3.89. The van der Waals surface area contributed by atoms with Crippen molar-refractivity contribution < 1.29 is 35.9 Å². The second-order valence-electron chi connectivity index (χ2n) is 11.6. The van der Waals surface area contributed by atoms with Crippen molar-refractivity contribution in [2.45, 2.75) is 63.8 Å². The third-order valence-electron chi connectivity index (χ3n) is 9.91. The first kappa shape index (κ1) is 26.8. The highest BCUT2D eigenvalue weighted by atomic mass is 19.4. The average molecular weight is 541 g/mol. The van der Waals surface area contributed by atoms with E-state index in [-0.39, 0.29) is 30.1 Å². The zero-order valence-corrected chi connectivity index (χ0v) is 21.0. The van der Waals surface area contributed by atoms with Crippen molar-refractivity contribution in [3.63, 3.8) is 0 Å². The van der Waals surface area contributed by atoms with Gasteiger partial charge >= 0.3 is 12.4 Å². The third kappa shape index (κ3) is 3.72. The zero-order valence-electron chi connectivity index (χ0n) is 21.0. The van der Waals surface area contributed by atoms with E-state index in [0.717, 1.165) is 30.0 Å². The van der Waals surface area contributed by atoms with Crippen LogP contribution in [0.5, 0.6) is 0 Å². The molecule has 0 bridgehead atoms. The number of fused-ring (bicyclic) bond motifs is 5. The Morgan fingerprint density at radius 3 is 2.26 bits per heavy atom. The van der Waals surface area contributed by atoms with Gasteiger partial charge in [0.1, 0.15) is 0 Å². The van der Waals surface area contributed by atoms with E-state index in [4.69, 9.17) is 0 Å². The molecule has 10 heteroatoms. The van der Waals surface area contributed by atoms with Crippen LogP contribution in [0, 0.1) is 34.5 Å². The number of carbonyl (C=O) groups excluding carboxylic acids is 2. The molecule has 2 amide bonds. The topological polar surface area (TPSA) is 58.2 Å². The molecule has 1 heterocycles. The van der Waals surface area contributed by atoms with Gasteiger partial charge in [-0.3, -0.25) is 9.59 Å². The number of carbonyl (C=O) groups is 2. The number of halogens is 6. The number of hydrogen-bond acceptors (Lipinski definition) is 2. The summed E-state index contributed by atoms with van der Waals surface area (Å²) < 4.78 is 85.8. The Balaban J connectivity index is 1.46. The monoisotopic (exact) mass is 540 g/mol. The van der Waals surface area contributed by atoms with Crippen molar-refractivity contribution in [1.29, 1.82) is 0 Å². The van der Waals surface area contributed by atoms with Crippen LogP contribution in [0.3, 0.4) is 0 Å². The second-order valence-corrected chi connectivity index (χ2v) is 11.6. The number of rotatable bonds is 3. The van der Waals surface area contributed by atoms with Gasteiger partial charge in [-0.05, 0) is 60.8 Å². The number of benzene rings is 1. The van der Waals surface area contributed by atoms with Gasteiger partial charge < -0.3 is 10.6 Å². The summed E-state index contributed by atoms with van der Waals surface area (Å²) in [6, 6.07) is 5.00. The van der Waals surface area contributed by atoms with E-state index in [1.165, 1.54) is 17.5 Å². The van der Waals surface area contributed by atoms with Crippen LogP contribution >= 0.6 is 0 Å². The maximum Gasteiger partial charge on any atom is 0.424 e. The fourth-order valence-corrected chi connectivity index (χ4v) is 7.95. The molecular weight excluding hydrogens is 510 g/mol. The minimum atomic E-state index is -5.81. The number of alkyl halides is 6. The average Bonchev–Trinajstić information content (AvgIpc) is 3.19. The van der Waals surface area contributed by atoms with E-state index >= 15 is 0 Å². The fourth-order valence-electron chi connectivity index (χ4n) is 7.95. The highest BCUT2D eigenvalue weighted by molar-refractivity contribution is 5.90. The summed E-state index contributed by atoms with van der Waals surface area (Å²) in [4.78, 5) is 25.4. The Hall–Kier alpha value is -2.78. The fraction of sp³-hybridized carbons (Fsp3) is 0.571. The van der Waals surface area contributed by atoms with Gasteiger partial charge in [0.05, 0.1) is 0 Å². The lowest BCUT2D eigenvalue weighted by molar-refractivity contribution is -0.312. The summed E-state index contributed by atoms with van der Waals surface area (Å²) >= 11 is 0. The predicted molar refractivity (Wildman–Crippen MR) is 127 cm³/mol. The first-order valence-corrected chi connectivity index (χ1v) is 12.9. The summed E-state index contributed by atoms with van der Waals surface area (Å²) in [6.07, 6.45) is -3.68. The lowest BCUT2D eigenvalue weighted by Gasteiger charge is -2.56. The van der Waals surface area contributed by atoms with Crippen LogP contribution in [0.15, 0.2) is 54.3 Å². The van der Waals surface area contributed by atoms with Gasteiger partial charge in [-0.1, -0.05) is 56.3 Å². The summed E-state index contributed by atoms with van der Waals surface area (Å²) in [5.41, 5.74) is -5.89. The van der Waals surface area contributed by atoms with Crippen LogP contribution in [-0.2, 0) is 15.1 Å². The molecular formula is C28H30F6N2O2. The molecule has 2 fully saturated rings. The molecule has 1 aromatic rings. The Kier molecular flexibility index (Phi) is 6.08. The Morgan fingerprint density at radius 1 is 0.974 bits per heavy atom. The van der Waals surface area contributed by atoms with Gasteiger partial charge in [0.25, 0.3) is 5.54 Å². The van der Waals surface area contributed by atoms with Gasteiger partial charge in [-0.25, -0.2) is 0 Å². The molecule has 6 atom stereocenters. The first-order chi connectivity index (χ1) is 17.6. The SMILES string of the molecule is C[C@]12C=CC(=O)NC1=CC[C@@H]1[C@H]2CC[C@]2(C)C(C(=O)NC(c3ccccc3)(C(F)(F)F)C(F)(F)F)CC[C@@H]12. The summed E-state index contributed by atoms with van der Waals surface area (Å²) in [5.74, 6) is -2.18. The van der Waals surface area contributed by atoms with Crippen molar-refractivity contribution in [3.05, 3.63) is 59.8 Å². The molecule has 206 valence electrons. The van der Waals surface area contributed by atoms with Gasteiger partial charge in [-0.15, -0.1) is 0 Å². The van der Waals surface area contributed by atoms with E-state index in [1.54, 1.807) is 0 Å². The molecule has 4 nitrogen and oxygen atoms in total. The molecule has 0 spiro atoms. The van der Waals surface area contributed by atoms with E-state index < -0.39 is 46.1 Å². The molecule has 2 saturated carbocycles. The molecule has 1 unspecified atom stereocenters. The number of nitrogens with one attached hydrogen (secondary N) is 2. The quantitative estimate of drug-likeness (QED) is 0.451. The summed E-state index contributed by atoms with van der Waals surface area (Å²) in [7, 11) is 0. The van der Waals surface area contributed by atoms with Gasteiger partial charge in [0, 0.05) is 23.1 Å². The molecule has 2 N–H and O–H groups in total. The van der Waals surface area contributed by atoms with Crippen molar-refractivity contribution >= 4 is 11.8 Å². The number of hydrogen-bond donors (Lipinski definition) is 2. The minimum Gasteiger partial charge on any atom is -0.331 e. The highest BCUT2D eigenvalue weighted by Gasteiger charge is 2.73. The zero-order chi connectivity index (χ0) is 27.7. The van der Waals surface area contributed by atoms with Crippen molar-refractivity contribution in [2.24, 2.45) is 34.5 Å². The lowest BCUT2D eigenvalue weighted by Crippen LogP contribution is -2.66. The third-order valence-corrected chi connectivity index (χ3v) is 9.91. The molecule has 0 aromatic heterocycles. The molecule has 0 saturated heterocycles. The molecule has 38 heavy (non-hydrogen) atoms. The first-order valence-electron chi connectivity index (χ1n) is 12.9. The van der Waals surface area contributed by atoms with Gasteiger partial charge in [0.15, 0.2) is 0 Å². The lowest BCUT2D eigenvalue weighted by atomic mass is 9.50. The largest absolute Gasteiger partial charge is 0.424 e. The number of allylic oxidation sites excluding steroid dienone is 2. The van der Waals surface area contributed by atoms with Gasteiger partial charge in [-0.2, -0.15) is 26.3 Å². The maximum atomic E-state index is 14.3. The van der Waals surface area contributed by atoms with Crippen molar-refractivity contribution in [2.75, 3.05) is 0 Å². The van der Waals surface area contributed by atoms with E-state index in [2.05, 4.69) is 5.32 Å². The molecule has 3 aliphatic carbocycles. The van der Waals surface area contributed by atoms with Crippen LogP contribution in [0.4, 0.5) is 26.3 Å². The number of amides is 2. The van der Waals surface area contributed by atoms with Crippen LogP contribution in [0.2, 0.25) is 0 Å². The molecule has 4 aliphatic rings. The summed E-state index contributed by atoms with van der Waals surface area (Å²) in [5, 5.41) is 4.41. The van der Waals surface area contributed by atoms with Crippen LogP contribution < -0.4 is 10.6 Å². The Bertz CT molecular complexity index is 1180. The second kappa shape index (κ2) is 8.61. The Morgan fingerprint density at radius 2 is 1.63 bits per heavy atom. The van der Waals surface area contributed by atoms with Crippen LogP contribution in [-0.4, -0.2) is 24.2 Å². The normalized spacial score (nSPS) is 34.9. The Labute approximate surface area is 216 Å². The maximum absolute atomic E-state index is 14.3. The smallest absolute Gasteiger partial charge is 0.331 e. The van der Waals surface area contributed by atoms with Gasteiger partial charge in [0.2, 0.25) is 11.8 Å².